The van der Waals surface area contributed by atoms with Gasteiger partial charge in [-0.1, -0.05) is 0 Å². The van der Waals surface area contributed by atoms with Gasteiger partial charge < -0.3 is 149 Å². The van der Waals surface area contributed by atoms with Gasteiger partial charge in [-0.3, -0.25) is 0 Å². The number of aliphatic hydroxyl groups excluding tert-OH is 18. The number of hydrogen-bond acceptors (Lipinski definition) is 30. The van der Waals surface area contributed by atoms with E-state index in [0.29, 0.717) is 0 Å². The molecule has 0 aromatic carbocycles. The first kappa shape index (κ1) is 52.6. The van der Waals surface area contributed by atoms with Gasteiger partial charge in [-0.05, 0) is 0 Å². The molecule has 22 aliphatic rings. The summed E-state index contributed by atoms with van der Waals surface area (Å²) in [6.07, 6.45) is -58.5. The third kappa shape index (κ3) is 10.0. The molecule has 0 amide bonds. The van der Waals surface area contributed by atoms with Crippen molar-refractivity contribution in [3.05, 3.63) is 0 Å². The van der Waals surface area contributed by atoms with Gasteiger partial charge in [0.1, 0.15) is 146 Å². The zero-order chi connectivity index (χ0) is 48.0. The Morgan fingerprint density at radius 1 is 0.182 bits per heavy atom. The second-order valence-corrected chi connectivity index (χ2v) is 16.8. The topological polar surface area (TPSA) is 475 Å². The molecule has 30 heteroatoms. The highest BCUT2D eigenvalue weighted by Gasteiger charge is 2.58. The fourth-order valence-electron chi connectivity index (χ4n) is 8.93. The Morgan fingerprint density at radius 3 is 0.409 bits per heavy atom. The van der Waals surface area contributed by atoms with Crippen molar-refractivity contribution < 1.29 is 149 Å². The highest BCUT2D eigenvalue weighted by atomic mass is 16.8. The zero-order valence-corrected chi connectivity index (χ0v) is 34.5. The SMILES string of the molecule is OCC1O[C@H]2O[C@H]3C(CO)O[C@@H](O[C@H]4C(CO)O[C@@H](O[C@H]5C(CO)O[C@@H](O[C@H]6C(CO)O[C@@H](O[C@H]7C(CO)O[C@@H](OC1[C@H](O)C2O)C(O)[C@H]7O)C(O)[C@H]6O)C(O)[C@H]5O)C(O)[C@H]4O)C(O)[C@H]3O. The molecule has 22 fully saturated rings. The van der Waals surface area contributed by atoms with Crippen LogP contribution in [0, 0.1) is 0 Å². The average molecular weight is 973 g/mol. The average Bonchev–Trinajstić information content (AvgIpc) is 3.31. The smallest absolute Gasteiger partial charge is 0.187 e. The van der Waals surface area contributed by atoms with E-state index in [9.17, 15) is 91.9 Å². The van der Waals surface area contributed by atoms with E-state index in [-0.39, 0.29) is 0 Å². The molecular formula is C36H60O30. The fourth-order valence-corrected chi connectivity index (χ4v) is 8.93. The van der Waals surface area contributed by atoms with Crippen molar-refractivity contribution in [3.63, 3.8) is 0 Å². The van der Waals surface area contributed by atoms with Crippen molar-refractivity contribution in [1.29, 1.82) is 0 Å². The van der Waals surface area contributed by atoms with Gasteiger partial charge in [0.15, 0.2) is 37.7 Å². The molecule has 0 radical (unpaired) electrons. The van der Waals surface area contributed by atoms with Crippen LogP contribution in [0.2, 0.25) is 0 Å². The first-order valence-corrected chi connectivity index (χ1v) is 21.1. The Bertz CT molecular complexity index is 1230. The summed E-state index contributed by atoms with van der Waals surface area (Å²) in [7, 11) is 0. The number of ether oxygens (including phenoxy) is 12. The molecular weight excluding hydrogens is 912 g/mol. The number of rotatable bonds is 6. The third-order valence-electron chi connectivity index (χ3n) is 12.7. The van der Waals surface area contributed by atoms with E-state index in [0.717, 1.165) is 0 Å². The van der Waals surface area contributed by atoms with Gasteiger partial charge in [-0.15, -0.1) is 0 Å². The lowest BCUT2D eigenvalue weighted by molar-refractivity contribution is -0.404. The molecule has 0 aromatic heterocycles. The van der Waals surface area contributed by atoms with Crippen LogP contribution in [0.1, 0.15) is 0 Å². The van der Waals surface area contributed by atoms with Crippen molar-refractivity contribution in [2.45, 2.75) is 184 Å². The molecule has 22 heterocycles. The summed E-state index contributed by atoms with van der Waals surface area (Å²) in [6, 6.07) is 0. The van der Waals surface area contributed by atoms with Crippen LogP contribution in [-0.2, 0) is 56.8 Å². The summed E-state index contributed by atoms with van der Waals surface area (Å²) >= 11 is 0. The molecule has 22 aliphatic heterocycles. The monoisotopic (exact) mass is 972 g/mol. The second kappa shape index (κ2) is 22.1. The van der Waals surface area contributed by atoms with Crippen molar-refractivity contribution >= 4 is 0 Å². The van der Waals surface area contributed by atoms with Crippen molar-refractivity contribution in [1.82, 2.24) is 0 Å². The molecule has 30 nitrogen and oxygen atoms in total. The minimum absolute atomic E-state index is 0.999. The lowest BCUT2D eigenvalue weighted by Crippen LogP contribution is -2.69. The van der Waals surface area contributed by atoms with E-state index < -0.39 is 224 Å². The van der Waals surface area contributed by atoms with Crippen LogP contribution in [0.5, 0.6) is 0 Å². The van der Waals surface area contributed by atoms with Gasteiger partial charge >= 0.3 is 0 Å². The molecule has 22 saturated heterocycles. The van der Waals surface area contributed by atoms with Gasteiger partial charge in [-0.2, -0.15) is 0 Å². The van der Waals surface area contributed by atoms with Crippen LogP contribution in [0.25, 0.3) is 0 Å². The molecule has 66 heavy (non-hydrogen) atoms. The Balaban J connectivity index is 1.19. The largest absolute Gasteiger partial charge is 0.394 e. The van der Waals surface area contributed by atoms with Crippen LogP contribution in [0.3, 0.4) is 0 Å². The maximum Gasteiger partial charge on any atom is 0.187 e. The van der Waals surface area contributed by atoms with E-state index >= 15 is 0 Å². The normalized spacial score (nSPS) is 55.4. The van der Waals surface area contributed by atoms with Gasteiger partial charge in [0.05, 0.1) is 39.6 Å². The molecule has 0 spiro atoms. The second-order valence-electron chi connectivity index (χ2n) is 16.8. The van der Waals surface area contributed by atoms with E-state index in [1.807, 2.05) is 0 Å². The summed E-state index contributed by atoms with van der Waals surface area (Å²) in [5.41, 5.74) is 0. The molecule has 384 valence electrons. The van der Waals surface area contributed by atoms with Crippen LogP contribution in [0.4, 0.5) is 0 Å². The summed E-state index contributed by atoms with van der Waals surface area (Å²) < 4.78 is 67.9. The van der Waals surface area contributed by atoms with Crippen LogP contribution >= 0.6 is 0 Å². The lowest BCUT2D eigenvalue weighted by Gasteiger charge is -2.50. The van der Waals surface area contributed by atoms with Crippen molar-refractivity contribution in [3.8, 4) is 0 Å². The lowest BCUT2D eigenvalue weighted by atomic mass is 9.94. The van der Waals surface area contributed by atoms with Gasteiger partial charge in [0, 0.05) is 0 Å². The summed E-state index contributed by atoms with van der Waals surface area (Å²) in [4.78, 5) is 0. The van der Waals surface area contributed by atoms with E-state index in [1.54, 1.807) is 0 Å². The Kier molecular flexibility index (Phi) is 17.6. The minimum Gasteiger partial charge on any atom is -0.394 e. The predicted octanol–water partition coefficient (Wildman–Crippen LogP) is -13.1. The standard InChI is InChI=1S/C36H60O30/c37-1-7-25-13(43)19(49)31(55-7)62-26-8(2-38)57-33(21(51)15(26)45)64-28-10(4-40)59-35(23(53)17(28)47)66-30-12(6-42)60-36(24(54)18(30)48)65-29-11(5-41)58-34(22(52)16(29)46)63-27-9(3-39)56-32(61-25)20(50)14(27)44/h7-54H,1-6H2/t7?,8?,9?,10?,11?,12?,13-,14-,15-,16-,17-,18-,19?,20?,21?,22?,23?,24?,25+,26+,27+,28+,29+,30?,31+,32+,33+,34+,35+,36+/m1/s1. The van der Waals surface area contributed by atoms with Crippen LogP contribution in [0.15, 0.2) is 0 Å². The zero-order valence-electron chi connectivity index (χ0n) is 34.5. The molecule has 22 rings (SSSR count). The summed E-state index contributed by atoms with van der Waals surface area (Å²) in [6.45, 7) is -5.99. The first-order chi connectivity index (χ1) is 31.4. The number of hydrogen-bond donors (Lipinski definition) is 18. The molecule has 0 aromatic rings. The first-order valence-electron chi connectivity index (χ1n) is 21.1. The molecule has 0 saturated carbocycles. The highest BCUT2D eigenvalue weighted by Crippen LogP contribution is 2.38. The Labute approximate surface area is 372 Å². The van der Waals surface area contributed by atoms with E-state index in [4.69, 9.17) is 56.8 Å². The van der Waals surface area contributed by atoms with Crippen LogP contribution in [-0.4, -0.2) is 316 Å². The summed E-state index contributed by atoms with van der Waals surface area (Å²) in [5.74, 6) is 0. The van der Waals surface area contributed by atoms with Crippen molar-refractivity contribution in [2.24, 2.45) is 0 Å². The maximum atomic E-state index is 11.2. The minimum atomic E-state index is -2.15. The molecule has 30 atom stereocenters. The van der Waals surface area contributed by atoms with E-state index in [1.165, 1.54) is 0 Å². The van der Waals surface area contributed by atoms with Gasteiger partial charge in [0.2, 0.25) is 0 Å². The number of aliphatic hydroxyl groups is 18. The van der Waals surface area contributed by atoms with Gasteiger partial charge in [0.25, 0.3) is 0 Å². The molecule has 13 unspecified atom stereocenters. The van der Waals surface area contributed by atoms with Crippen molar-refractivity contribution in [2.75, 3.05) is 39.6 Å². The quantitative estimate of drug-likeness (QED) is 0.117. The fraction of sp³-hybridized carbons (Fsp3) is 1.00. The highest BCUT2D eigenvalue weighted by molar-refractivity contribution is 5.01. The predicted molar refractivity (Wildman–Crippen MR) is 196 cm³/mol. The Hall–Kier alpha value is -1.20. The van der Waals surface area contributed by atoms with Gasteiger partial charge in [-0.25, -0.2) is 0 Å². The molecule has 0 aliphatic carbocycles. The maximum absolute atomic E-state index is 11.2. The Morgan fingerprint density at radius 2 is 0.303 bits per heavy atom. The molecule has 12 bridgehead atoms. The third-order valence-corrected chi connectivity index (χ3v) is 12.7. The van der Waals surface area contributed by atoms with Crippen LogP contribution < -0.4 is 0 Å². The summed E-state index contributed by atoms with van der Waals surface area (Å²) in [5, 5.41) is 196. The van der Waals surface area contributed by atoms with E-state index in [2.05, 4.69) is 0 Å². The molecule has 18 N–H and O–H groups in total.